The summed E-state index contributed by atoms with van der Waals surface area (Å²) in [6.07, 6.45) is 1.87. The van der Waals surface area contributed by atoms with Crippen LogP contribution in [0.1, 0.15) is 19.8 Å². The van der Waals surface area contributed by atoms with Gasteiger partial charge in [-0.05, 0) is 26.3 Å². The second-order valence-electron chi connectivity index (χ2n) is 2.91. The molecule has 1 saturated heterocycles. The van der Waals surface area contributed by atoms with Crippen LogP contribution in [-0.4, -0.2) is 31.8 Å². The second kappa shape index (κ2) is 4.98. The number of ether oxygens (including phenoxy) is 1. The molecule has 0 aromatic carbocycles. The highest BCUT2D eigenvalue weighted by atomic mass is 16.5. The smallest absolute Gasteiger partial charge is 0.407 e. The first-order valence-electron chi connectivity index (χ1n) is 4.47. The van der Waals surface area contributed by atoms with Gasteiger partial charge in [-0.15, -0.1) is 0 Å². The Hall–Kier alpha value is -0.770. The number of carbonyl (C=O) groups excluding carboxylic acids is 1. The normalized spacial score (nSPS) is 23.2. The lowest BCUT2D eigenvalue weighted by Crippen LogP contribution is -2.45. The molecule has 0 unspecified atom stereocenters. The Balaban J connectivity index is 2.15. The molecule has 0 spiro atoms. The number of amides is 1. The van der Waals surface area contributed by atoms with Crippen LogP contribution < -0.4 is 10.6 Å². The molecule has 12 heavy (non-hydrogen) atoms. The van der Waals surface area contributed by atoms with Gasteiger partial charge < -0.3 is 15.4 Å². The van der Waals surface area contributed by atoms with E-state index in [0.29, 0.717) is 6.61 Å². The Morgan fingerprint density at radius 2 is 2.58 bits per heavy atom. The van der Waals surface area contributed by atoms with Gasteiger partial charge >= 0.3 is 6.09 Å². The van der Waals surface area contributed by atoms with Crippen molar-refractivity contribution in [3.05, 3.63) is 0 Å². The Morgan fingerprint density at radius 1 is 1.75 bits per heavy atom. The van der Waals surface area contributed by atoms with Crippen molar-refractivity contribution in [3.8, 4) is 0 Å². The fourth-order valence-corrected chi connectivity index (χ4v) is 1.31. The van der Waals surface area contributed by atoms with Crippen molar-refractivity contribution >= 4 is 6.09 Å². The molecule has 0 aromatic rings. The van der Waals surface area contributed by atoms with E-state index in [2.05, 4.69) is 10.6 Å². The first kappa shape index (κ1) is 9.32. The van der Waals surface area contributed by atoms with Gasteiger partial charge in [0.05, 0.1) is 6.61 Å². The highest BCUT2D eigenvalue weighted by molar-refractivity contribution is 5.67. The van der Waals surface area contributed by atoms with Gasteiger partial charge in [0, 0.05) is 12.6 Å². The first-order valence-corrected chi connectivity index (χ1v) is 4.47. The van der Waals surface area contributed by atoms with Crippen molar-refractivity contribution in [1.29, 1.82) is 0 Å². The molecule has 0 aliphatic carbocycles. The molecule has 0 radical (unpaired) electrons. The molecule has 0 bridgehead atoms. The van der Waals surface area contributed by atoms with Crippen molar-refractivity contribution in [2.45, 2.75) is 25.8 Å². The van der Waals surface area contributed by atoms with Crippen LogP contribution in [0.4, 0.5) is 4.79 Å². The van der Waals surface area contributed by atoms with Gasteiger partial charge in [0.2, 0.25) is 0 Å². The molecule has 1 heterocycles. The third-order valence-corrected chi connectivity index (χ3v) is 1.89. The van der Waals surface area contributed by atoms with Gasteiger partial charge in [0.1, 0.15) is 0 Å². The van der Waals surface area contributed by atoms with Crippen LogP contribution in [0.25, 0.3) is 0 Å². The van der Waals surface area contributed by atoms with Crippen LogP contribution >= 0.6 is 0 Å². The molecule has 1 amide bonds. The van der Waals surface area contributed by atoms with Gasteiger partial charge in [0.15, 0.2) is 0 Å². The highest BCUT2D eigenvalue weighted by Gasteiger charge is 2.14. The number of rotatable bonds is 2. The maximum Gasteiger partial charge on any atom is 0.407 e. The summed E-state index contributed by atoms with van der Waals surface area (Å²) < 4.78 is 4.77. The Bertz CT molecular complexity index is 144. The molecule has 1 rings (SSSR count). The van der Waals surface area contributed by atoms with Crippen LogP contribution in [-0.2, 0) is 4.74 Å². The van der Waals surface area contributed by atoms with Crippen molar-refractivity contribution in [1.82, 2.24) is 10.6 Å². The molecular formula is C8H16N2O2. The number of hydrogen-bond donors (Lipinski definition) is 2. The van der Waals surface area contributed by atoms with Gasteiger partial charge in [-0.3, -0.25) is 0 Å². The molecule has 70 valence electrons. The summed E-state index contributed by atoms with van der Waals surface area (Å²) >= 11 is 0. The monoisotopic (exact) mass is 172 g/mol. The third-order valence-electron chi connectivity index (χ3n) is 1.89. The third kappa shape index (κ3) is 3.09. The van der Waals surface area contributed by atoms with Crippen LogP contribution in [0.15, 0.2) is 0 Å². The minimum Gasteiger partial charge on any atom is -0.450 e. The predicted molar refractivity (Wildman–Crippen MR) is 46.0 cm³/mol. The minimum atomic E-state index is -0.300. The van der Waals surface area contributed by atoms with Gasteiger partial charge in [-0.25, -0.2) is 4.79 Å². The number of piperidine rings is 1. The van der Waals surface area contributed by atoms with E-state index < -0.39 is 0 Å². The molecule has 1 atom stereocenters. The number of alkyl carbamates (subject to hydrolysis) is 1. The Labute approximate surface area is 72.7 Å². The van der Waals surface area contributed by atoms with E-state index in [1.807, 2.05) is 0 Å². The number of nitrogens with one attached hydrogen (secondary N) is 2. The molecule has 0 aromatic heterocycles. The van der Waals surface area contributed by atoms with E-state index >= 15 is 0 Å². The summed E-state index contributed by atoms with van der Waals surface area (Å²) in [6.45, 7) is 4.16. The quantitative estimate of drug-likeness (QED) is 0.637. The average Bonchev–Trinajstić information content (AvgIpc) is 2.06. The van der Waals surface area contributed by atoms with Crippen LogP contribution in [0.5, 0.6) is 0 Å². The van der Waals surface area contributed by atoms with E-state index in [1.54, 1.807) is 6.92 Å². The van der Waals surface area contributed by atoms with Gasteiger partial charge in [-0.1, -0.05) is 0 Å². The van der Waals surface area contributed by atoms with E-state index in [-0.39, 0.29) is 12.1 Å². The molecule has 1 aliphatic heterocycles. The van der Waals surface area contributed by atoms with Crippen molar-refractivity contribution in [2.75, 3.05) is 19.7 Å². The van der Waals surface area contributed by atoms with E-state index in [0.717, 1.165) is 25.9 Å². The summed E-state index contributed by atoms with van der Waals surface area (Å²) in [7, 11) is 0. The van der Waals surface area contributed by atoms with E-state index in [9.17, 15) is 4.79 Å². The Morgan fingerprint density at radius 3 is 3.17 bits per heavy atom. The largest absolute Gasteiger partial charge is 0.450 e. The predicted octanol–water partition coefficient (Wildman–Crippen LogP) is 0.484. The highest BCUT2D eigenvalue weighted by Crippen LogP contribution is 2.00. The summed E-state index contributed by atoms with van der Waals surface area (Å²) in [5.41, 5.74) is 0. The van der Waals surface area contributed by atoms with Crippen molar-refractivity contribution < 1.29 is 9.53 Å². The molecule has 4 heteroatoms. The van der Waals surface area contributed by atoms with Crippen LogP contribution in [0.3, 0.4) is 0 Å². The average molecular weight is 172 g/mol. The van der Waals surface area contributed by atoms with Crippen molar-refractivity contribution in [2.24, 2.45) is 0 Å². The van der Waals surface area contributed by atoms with Crippen LogP contribution in [0.2, 0.25) is 0 Å². The zero-order chi connectivity index (χ0) is 8.81. The lowest BCUT2D eigenvalue weighted by Gasteiger charge is -2.23. The van der Waals surface area contributed by atoms with Crippen LogP contribution in [0, 0.1) is 0 Å². The first-order chi connectivity index (χ1) is 5.83. The molecule has 4 nitrogen and oxygen atoms in total. The lowest BCUT2D eigenvalue weighted by atomic mass is 10.1. The van der Waals surface area contributed by atoms with Gasteiger partial charge in [-0.2, -0.15) is 0 Å². The summed E-state index contributed by atoms with van der Waals surface area (Å²) in [4.78, 5) is 11.0. The zero-order valence-electron chi connectivity index (χ0n) is 7.43. The summed E-state index contributed by atoms with van der Waals surface area (Å²) in [6, 6.07) is 0.248. The molecular weight excluding hydrogens is 156 g/mol. The SMILES string of the molecule is CCOC(=O)N[C@@H]1CCCNC1. The fraction of sp³-hybridized carbons (Fsp3) is 0.875. The summed E-state index contributed by atoms with van der Waals surface area (Å²) in [5, 5.41) is 6.01. The van der Waals surface area contributed by atoms with E-state index in [1.165, 1.54) is 0 Å². The summed E-state index contributed by atoms with van der Waals surface area (Å²) in [5.74, 6) is 0. The second-order valence-corrected chi connectivity index (χ2v) is 2.91. The standard InChI is InChI=1S/C8H16N2O2/c1-2-12-8(11)10-7-4-3-5-9-6-7/h7,9H,2-6H2,1H3,(H,10,11)/t7-/m1/s1. The minimum absolute atomic E-state index is 0.248. The lowest BCUT2D eigenvalue weighted by molar-refractivity contribution is 0.146. The van der Waals surface area contributed by atoms with E-state index in [4.69, 9.17) is 4.74 Å². The number of carbonyl (C=O) groups is 1. The molecule has 2 N–H and O–H groups in total. The van der Waals surface area contributed by atoms with Crippen molar-refractivity contribution in [3.63, 3.8) is 0 Å². The topological polar surface area (TPSA) is 50.4 Å². The molecule has 1 fully saturated rings. The Kier molecular flexibility index (Phi) is 3.87. The van der Waals surface area contributed by atoms with Gasteiger partial charge in [0.25, 0.3) is 0 Å². The molecule has 1 aliphatic rings. The zero-order valence-corrected chi connectivity index (χ0v) is 7.43. The maximum atomic E-state index is 11.0. The fourth-order valence-electron chi connectivity index (χ4n) is 1.31. The number of hydrogen-bond acceptors (Lipinski definition) is 3. The molecule has 0 saturated carbocycles. The maximum absolute atomic E-state index is 11.0.